The van der Waals surface area contributed by atoms with Gasteiger partial charge in [0.25, 0.3) is 0 Å². The summed E-state index contributed by atoms with van der Waals surface area (Å²) in [5.41, 5.74) is 0. The van der Waals surface area contributed by atoms with Crippen molar-refractivity contribution in [3.05, 3.63) is 41.1 Å². The average molecular weight is 235 g/mol. The van der Waals surface area contributed by atoms with Gasteiger partial charge in [0.1, 0.15) is 6.33 Å². The Hall–Kier alpha value is -1.62. The average Bonchev–Trinajstić information content (AvgIpc) is 2.97. The molecular weight excluding hydrogens is 222 g/mol. The van der Waals surface area contributed by atoms with Gasteiger partial charge in [-0.3, -0.25) is 4.57 Å². The maximum absolute atomic E-state index is 12.0. The van der Waals surface area contributed by atoms with Crippen LogP contribution in [0.4, 0.5) is 4.79 Å². The molecule has 0 saturated heterocycles. The predicted molar refractivity (Wildman–Crippen MR) is 63.4 cm³/mol. The maximum Gasteiger partial charge on any atom is 0.329 e. The molecule has 2 heterocycles. The summed E-state index contributed by atoms with van der Waals surface area (Å²) in [7, 11) is 0. The van der Waals surface area contributed by atoms with Crippen LogP contribution in [-0.4, -0.2) is 27.0 Å². The third-order valence-electron chi connectivity index (χ3n) is 2.30. The summed E-state index contributed by atoms with van der Waals surface area (Å²) in [5.74, 6) is 0. The van der Waals surface area contributed by atoms with Crippen LogP contribution in [0.3, 0.4) is 0 Å². The Morgan fingerprint density at radius 3 is 3.06 bits per heavy atom. The highest BCUT2D eigenvalue weighted by Gasteiger charge is 2.13. The first-order valence-corrected chi connectivity index (χ1v) is 5.99. The number of nitrogens with zero attached hydrogens (tertiary/aromatic N) is 3. The fraction of sp³-hybridized carbons (Fsp3) is 0.273. The Kier molecular flexibility index (Phi) is 3.36. The monoisotopic (exact) mass is 235 g/mol. The van der Waals surface area contributed by atoms with Crippen molar-refractivity contribution in [1.29, 1.82) is 0 Å². The highest BCUT2D eigenvalue weighted by atomic mass is 32.1. The van der Waals surface area contributed by atoms with E-state index in [4.69, 9.17) is 0 Å². The van der Waals surface area contributed by atoms with Crippen molar-refractivity contribution in [3.8, 4) is 0 Å². The van der Waals surface area contributed by atoms with Gasteiger partial charge in [-0.25, -0.2) is 9.78 Å². The number of thiophene rings is 1. The molecule has 0 N–H and O–H groups in total. The summed E-state index contributed by atoms with van der Waals surface area (Å²) < 4.78 is 1.50. The van der Waals surface area contributed by atoms with Crippen LogP contribution in [0.2, 0.25) is 0 Å². The minimum absolute atomic E-state index is 0.0339. The molecule has 1 amide bonds. The highest BCUT2D eigenvalue weighted by Crippen LogP contribution is 2.12. The lowest BCUT2D eigenvalue weighted by molar-refractivity contribution is 0.200. The maximum atomic E-state index is 12.0. The van der Waals surface area contributed by atoms with Crippen LogP contribution in [0.5, 0.6) is 0 Å². The fourth-order valence-corrected chi connectivity index (χ4v) is 2.16. The van der Waals surface area contributed by atoms with E-state index in [1.165, 1.54) is 15.8 Å². The molecule has 16 heavy (non-hydrogen) atoms. The molecule has 0 aliphatic carbocycles. The number of carbonyl (C=O) groups is 1. The molecule has 0 atom stereocenters. The van der Waals surface area contributed by atoms with Crippen LogP contribution in [-0.2, 0) is 6.54 Å². The third kappa shape index (κ3) is 2.30. The molecular formula is C11H13N3OS. The van der Waals surface area contributed by atoms with Crippen molar-refractivity contribution in [1.82, 2.24) is 14.5 Å². The Morgan fingerprint density at radius 1 is 1.62 bits per heavy atom. The molecule has 2 aromatic heterocycles. The molecule has 0 spiro atoms. The summed E-state index contributed by atoms with van der Waals surface area (Å²) in [5, 5.41) is 2.02. The first-order chi connectivity index (χ1) is 7.81. The van der Waals surface area contributed by atoms with Gasteiger partial charge in [0.05, 0.1) is 6.54 Å². The number of carbonyl (C=O) groups excluding carboxylic acids is 1. The summed E-state index contributed by atoms with van der Waals surface area (Å²) in [6, 6.07) is 4.00. The minimum atomic E-state index is -0.0339. The molecule has 0 aromatic carbocycles. The molecule has 2 aromatic rings. The number of aromatic nitrogens is 2. The Balaban J connectivity index is 2.08. The fourth-order valence-electron chi connectivity index (χ4n) is 1.44. The normalized spacial score (nSPS) is 10.3. The summed E-state index contributed by atoms with van der Waals surface area (Å²) in [4.78, 5) is 18.9. The lowest BCUT2D eigenvalue weighted by Crippen LogP contribution is -2.33. The number of imidazole rings is 1. The second kappa shape index (κ2) is 4.94. The Bertz CT molecular complexity index is 436. The molecule has 0 aliphatic rings. The van der Waals surface area contributed by atoms with E-state index in [0.29, 0.717) is 13.1 Å². The first-order valence-electron chi connectivity index (χ1n) is 5.11. The van der Waals surface area contributed by atoms with Gasteiger partial charge < -0.3 is 4.90 Å². The first kappa shape index (κ1) is 10.9. The van der Waals surface area contributed by atoms with Crippen molar-refractivity contribution >= 4 is 17.4 Å². The van der Waals surface area contributed by atoms with E-state index >= 15 is 0 Å². The summed E-state index contributed by atoms with van der Waals surface area (Å²) in [6.07, 6.45) is 4.80. The summed E-state index contributed by atoms with van der Waals surface area (Å²) >= 11 is 1.66. The predicted octanol–water partition coefficient (Wildman–Crippen LogP) is 2.43. The van der Waals surface area contributed by atoms with Crippen LogP contribution in [0.1, 0.15) is 11.8 Å². The van der Waals surface area contributed by atoms with Crippen LogP contribution in [0.25, 0.3) is 0 Å². The van der Waals surface area contributed by atoms with E-state index in [1.807, 2.05) is 24.4 Å². The minimum Gasteiger partial charge on any atom is -0.319 e. The van der Waals surface area contributed by atoms with Crippen molar-refractivity contribution in [2.45, 2.75) is 13.5 Å². The van der Waals surface area contributed by atoms with Gasteiger partial charge in [0.15, 0.2) is 0 Å². The second-order valence-corrected chi connectivity index (χ2v) is 4.38. The molecule has 0 radical (unpaired) electrons. The molecule has 5 heteroatoms. The number of amides is 1. The standard InChI is InChI=1S/C11H13N3OS/c1-2-13(8-10-4-3-7-16-10)11(15)14-6-5-12-9-14/h3-7,9H,2,8H2,1H3. The second-order valence-electron chi connectivity index (χ2n) is 3.35. The van der Waals surface area contributed by atoms with Crippen molar-refractivity contribution in [3.63, 3.8) is 0 Å². The van der Waals surface area contributed by atoms with E-state index in [-0.39, 0.29) is 6.03 Å². The van der Waals surface area contributed by atoms with Gasteiger partial charge in [0, 0.05) is 23.8 Å². The molecule has 0 bridgehead atoms. The van der Waals surface area contributed by atoms with Gasteiger partial charge in [-0.15, -0.1) is 11.3 Å². The lowest BCUT2D eigenvalue weighted by Gasteiger charge is -2.19. The van der Waals surface area contributed by atoms with E-state index in [9.17, 15) is 4.79 Å². The van der Waals surface area contributed by atoms with Crippen LogP contribution < -0.4 is 0 Å². The molecule has 0 aliphatic heterocycles. The zero-order valence-electron chi connectivity index (χ0n) is 9.04. The summed E-state index contributed by atoms with van der Waals surface area (Å²) in [6.45, 7) is 3.32. The van der Waals surface area contributed by atoms with E-state index in [2.05, 4.69) is 4.98 Å². The lowest BCUT2D eigenvalue weighted by atomic mass is 10.4. The smallest absolute Gasteiger partial charge is 0.319 e. The highest BCUT2D eigenvalue weighted by molar-refractivity contribution is 7.09. The zero-order valence-corrected chi connectivity index (χ0v) is 9.85. The molecule has 0 unspecified atom stereocenters. The number of rotatable bonds is 3. The molecule has 0 fully saturated rings. The van der Waals surface area contributed by atoms with Crippen molar-refractivity contribution in [2.75, 3.05) is 6.54 Å². The van der Waals surface area contributed by atoms with Gasteiger partial charge >= 0.3 is 6.03 Å². The van der Waals surface area contributed by atoms with E-state index < -0.39 is 0 Å². The molecule has 84 valence electrons. The largest absolute Gasteiger partial charge is 0.329 e. The quantitative estimate of drug-likeness (QED) is 0.819. The number of hydrogen-bond donors (Lipinski definition) is 0. The van der Waals surface area contributed by atoms with Gasteiger partial charge in [-0.1, -0.05) is 6.07 Å². The van der Waals surface area contributed by atoms with Crippen molar-refractivity contribution in [2.24, 2.45) is 0 Å². The molecule has 4 nitrogen and oxygen atoms in total. The SMILES string of the molecule is CCN(Cc1cccs1)C(=O)n1ccnc1. The molecule has 2 rings (SSSR count). The third-order valence-corrected chi connectivity index (χ3v) is 3.17. The van der Waals surface area contributed by atoms with Crippen LogP contribution >= 0.6 is 11.3 Å². The van der Waals surface area contributed by atoms with Crippen LogP contribution in [0.15, 0.2) is 36.2 Å². The Labute approximate surface area is 98.1 Å². The topological polar surface area (TPSA) is 38.1 Å². The zero-order chi connectivity index (χ0) is 11.4. The van der Waals surface area contributed by atoms with Crippen molar-refractivity contribution < 1.29 is 4.79 Å². The van der Waals surface area contributed by atoms with Gasteiger partial charge in [-0.05, 0) is 18.4 Å². The van der Waals surface area contributed by atoms with E-state index in [0.717, 1.165) is 0 Å². The van der Waals surface area contributed by atoms with Gasteiger partial charge in [0.2, 0.25) is 0 Å². The van der Waals surface area contributed by atoms with Crippen LogP contribution in [0, 0.1) is 0 Å². The number of hydrogen-bond acceptors (Lipinski definition) is 3. The van der Waals surface area contributed by atoms with E-state index in [1.54, 1.807) is 28.6 Å². The molecule has 0 saturated carbocycles. The Morgan fingerprint density at radius 2 is 2.50 bits per heavy atom. The van der Waals surface area contributed by atoms with Gasteiger partial charge in [-0.2, -0.15) is 0 Å².